The van der Waals surface area contributed by atoms with Crippen LogP contribution in [0.4, 0.5) is 11.6 Å². The van der Waals surface area contributed by atoms with Gasteiger partial charge in [-0.3, -0.25) is 10.1 Å². The minimum absolute atomic E-state index is 0.0538. The number of nitrogens with zero attached hydrogens (tertiary/aromatic N) is 2. The molecule has 3 aromatic rings. The Morgan fingerprint density at radius 2 is 1.97 bits per heavy atom. The highest BCUT2D eigenvalue weighted by molar-refractivity contribution is 7.87. The number of hydrogen-bond acceptors (Lipinski definition) is 7. The predicted molar refractivity (Wildman–Crippen MR) is 130 cm³/mol. The van der Waals surface area contributed by atoms with Crippen molar-refractivity contribution in [2.24, 2.45) is 5.92 Å². The van der Waals surface area contributed by atoms with Crippen molar-refractivity contribution in [3.05, 3.63) is 42.5 Å². The zero-order valence-corrected chi connectivity index (χ0v) is 19.9. The van der Waals surface area contributed by atoms with E-state index in [2.05, 4.69) is 32.5 Å². The Hall–Kier alpha value is -3.11. The summed E-state index contributed by atoms with van der Waals surface area (Å²) < 4.78 is 30.9. The van der Waals surface area contributed by atoms with E-state index in [0.717, 1.165) is 38.0 Å². The fourth-order valence-electron chi connectivity index (χ4n) is 4.30. The lowest BCUT2D eigenvalue weighted by atomic mass is 10.1. The summed E-state index contributed by atoms with van der Waals surface area (Å²) in [6, 6.07) is 12.0. The van der Waals surface area contributed by atoms with Gasteiger partial charge in [-0.05, 0) is 82.1 Å². The second-order valence-electron chi connectivity index (χ2n) is 9.08. The third-order valence-corrected chi connectivity index (χ3v) is 7.73. The average molecular weight is 484 g/mol. The minimum Gasteiger partial charge on any atom is -0.385 e. The number of anilines is 2. The average Bonchev–Trinajstić information content (AvgIpc) is 3.48. The molecular weight excluding hydrogens is 454 g/mol. The number of likely N-dealkylation sites (tertiary alicyclic amines) is 1. The van der Waals surface area contributed by atoms with Gasteiger partial charge in [0, 0.05) is 30.3 Å². The van der Waals surface area contributed by atoms with E-state index in [0.29, 0.717) is 23.0 Å². The Labute approximate surface area is 199 Å². The summed E-state index contributed by atoms with van der Waals surface area (Å²) in [5.74, 6) is 0.506. The topological polar surface area (TPSA) is 116 Å². The zero-order chi connectivity index (χ0) is 23.7. The van der Waals surface area contributed by atoms with Gasteiger partial charge >= 0.3 is 10.1 Å². The van der Waals surface area contributed by atoms with Crippen molar-refractivity contribution < 1.29 is 17.4 Å². The molecule has 0 spiro atoms. The van der Waals surface area contributed by atoms with Gasteiger partial charge in [-0.2, -0.15) is 8.42 Å². The fourth-order valence-corrected chi connectivity index (χ4v) is 5.22. The second kappa shape index (κ2) is 9.27. The molecule has 180 valence electrons. The smallest absolute Gasteiger partial charge is 0.339 e. The molecule has 2 aliphatic rings. The number of H-pyrrole nitrogens is 1. The van der Waals surface area contributed by atoms with E-state index in [1.54, 1.807) is 24.3 Å². The minimum atomic E-state index is -4.00. The van der Waals surface area contributed by atoms with Crippen LogP contribution in [0.1, 0.15) is 32.1 Å². The highest BCUT2D eigenvalue weighted by Gasteiger charge is 2.30. The summed E-state index contributed by atoms with van der Waals surface area (Å²) in [6.45, 7) is 1.99. The monoisotopic (exact) mass is 483 g/mol. The van der Waals surface area contributed by atoms with E-state index < -0.39 is 10.1 Å². The van der Waals surface area contributed by atoms with Crippen molar-refractivity contribution in [1.82, 2.24) is 14.9 Å². The van der Waals surface area contributed by atoms with Gasteiger partial charge in [0.05, 0.1) is 11.0 Å². The first-order valence-electron chi connectivity index (χ1n) is 11.7. The van der Waals surface area contributed by atoms with Crippen LogP contribution < -0.4 is 14.8 Å². The standard InChI is InChI=1S/C24H29N5O4S/c1-29-14-2-3-18(29)12-13-25-17-6-9-20(10-7-17)34(31,32)33-19-8-11-21-22(15-19)27-24(26-21)28-23(30)16-4-5-16/h6-11,15-16,18,25H,2-5,12-14H2,1H3,(H2,26,27,28,30). The molecule has 1 saturated carbocycles. The molecule has 2 fully saturated rings. The van der Waals surface area contributed by atoms with E-state index in [9.17, 15) is 13.2 Å². The fraction of sp³-hybridized carbons (Fsp3) is 0.417. The molecule has 3 N–H and O–H groups in total. The van der Waals surface area contributed by atoms with Crippen molar-refractivity contribution in [3.63, 3.8) is 0 Å². The molecule has 1 aromatic heterocycles. The van der Waals surface area contributed by atoms with Crippen LogP contribution in [0.2, 0.25) is 0 Å². The first-order chi connectivity index (χ1) is 16.4. The molecule has 10 heteroatoms. The maximum absolute atomic E-state index is 12.8. The zero-order valence-electron chi connectivity index (χ0n) is 19.1. The van der Waals surface area contributed by atoms with Gasteiger partial charge in [-0.25, -0.2) is 4.98 Å². The van der Waals surface area contributed by atoms with Crippen molar-refractivity contribution in [1.29, 1.82) is 0 Å². The molecule has 34 heavy (non-hydrogen) atoms. The van der Waals surface area contributed by atoms with E-state index in [4.69, 9.17) is 4.18 Å². The molecule has 0 bridgehead atoms. The molecule has 0 radical (unpaired) electrons. The van der Waals surface area contributed by atoms with E-state index in [1.165, 1.54) is 31.0 Å². The first kappa shape index (κ1) is 22.7. The Morgan fingerprint density at radius 1 is 1.18 bits per heavy atom. The second-order valence-corrected chi connectivity index (χ2v) is 10.6. The van der Waals surface area contributed by atoms with Crippen LogP contribution in [-0.4, -0.2) is 55.4 Å². The van der Waals surface area contributed by atoms with Crippen LogP contribution in [0.15, 0.2) is 47.4 Å². The number of nitrogens with one attached hydrogen (secondary N) is 3. The molecule has 1 saturated heterocycles. The molecule has 2 heterocycles. The number of aromatic nitrogens is 2. The van der Waals surface area contributed by atoms with E-state index >= 15 is 0 Å². The molecule has 9 nitrogen and oxygen atoms in total. The molecule has 5 rings (SSSR count). The molecule has 1 amide bonds. The van der Waals surface area contributed by atoms with Crippen LogP contribution >= 0.6 is 0 Å². The lowest BCUT2D eigenvalue weighted by Crippen LogP contribution is -2.26. The number of carbonyl (C=O) groups is 1. The Bertz CT molecular complexity index is 1280. The Morgan fingerprint density at radius 3 is 2.68 bits per heavy atom. The van der Waals surface area contributed by atoms with Gasteiger partial charge in [0.2, 0.25) is 11.9 Å². The number of hydrogen-bond donors (Lipinski definition) is 3. The number of imidazole rings is 1. The normalized spacial score (nSPS) is 18.8. The van der Waals surface area contributed by atoms with Crippen molar-refractivity contribution >= 4 is 38.7 Å². The highest BCUT2D eigenvalue weighted by Crippen LogP contribution is 2.30. The third kappa shape index (κ3) is 5.18. The van der Waals surface area contributed by atoms with Gasteiger partial charge in [-0.1, -0.05) is 0 Å². The predicted octanol–water partition coefficient (Wildman–Crippen LogP) is 3.58. The Kier molecular flexibility index (Phi) is 6.18. The van der Waals surface area contributed by atoms with Gasteiger partial charge in [0.1, 0.15) is 10.6 Å². The molecule has 1 unspecified atom stereocenters. The molecule has 1 atom stereocenters. The summed E-state index contributed by atoms with van der Waals surface area (Å²) in [5.41, 5.74) is 2.06. The van der Waals surface area contributed by atoms with Crippen LogP contribution in [-0.2, 0) is 14.9 Å². The SMILES string of the molecule is CN1CCCC1CCNc1ccc(S(=O)(=O)Oc2ccc3[nH]c(NC(=O)C4CC4)nc3c2)cc1. The van der Waals surface area contributed by atoms with Gasteiger partial charge in [-0.15, -0.1) is 0 Å². The van der Waals surface area contributed by atoms with Gasteiger partial charge in [0.15, 0.2) is 0 Å². The number of amides is 1. The van der Waals surface area contributed by atoms with Crippen molar-refractivity contribution in [2.75, 3.05) is 30.8 Å². The van der Waals surface area contributed by atoms with Crippen LogP contribution in [0.5, 0.6) is 5.75 Å². The van der Waals surface area contributed by atoms with Crippen molar-refractivity contribution in [2.45, 2.75) is 43.0 Å². The maximum atomic E-state index is 12.8. The van der Waals surface area contributed by atoms with Crippen LogP contribution in [0.25, 0.3) is 11.0 Å². The highest BCUT2D eigenvalue weighted by atomic mass is 32.2. The largest absolute Gasteiger partial charge is 0.385 e. The van der Waals surface area contributed by atoms with Crippen LogP contribution in [0, 0.1) is 5.92 Å². The summed E-state index contributed by atoms with van der Waals surface area (Å²) in [6.07, 6.45) is 5.33. The number of rotatable bonds is 9. The van der Waals surface area contributed by atoms with Crippen LogP contribution in [0.3, 0.4) is 0 Å². The van der Waals surface area contributed by atoms with E-state index in [1.807, 2.05) is 0 Å². The number of benzene rings is 2. The maximum Gasteiger partial charge on any atom is 0.339 e. The Balaban J connectivity index is 1.20. The lowest BCUT2D eigenvalue weighted by molar-refractivity contribution is -0.117. The number of aromatic amines is 1. The van der Waals surface area contributed by atoms with Gasteiger partial charge < -0.3 is 19.4 Å². The lowest BCUT2D eigenvalue weighted by Gasteiger charge is -2.19. The number of fused-ring (bicyclic) bond motifs is 1. The number of carbonyl (C=O) groups excluding carboxylic acids is 1. The quantitative estimate of drug-likeness (QED) is 0.398. The summed E-state index contributed by atoms with van der Waals surface area (Å²) in [7, 11) is -1.84. The molecule has 2 aromatic carbocycles. The van der Waals surface area contributed by atoms with Crippen molar-refractivity contribution in [3.8, 4) is 5.75 Å². The van der Waals surface area contributed by atoms with E-state index in [-0.39, 0.29) is 22.5 Å². The third-order valence-electron chi connectivity index (χ3n) is 6.47. The van der Waals surface area contributed by atoms with Gasteiger partial charge in [0.25, 0.3) is 0 Å². The summed E-state index contributed by atoms with van der Waals surface area (Å²) in [4.78, 5) is 21.7. The summed E-state index contributed by atoms with van der Waals surface area (Å²) in [5, 5.41) is 6.11. The summed E-state index contributed by atoms with van der Waals surface area (Å²) >= 11 is 0. The molecular formula is C24H29N5O4S. The first-order valence-corrected chi connectivity index (χ1v) is 13.1. The molecule has 1 aliphatic heterocycles. The molecule has 1 aliphatic carbocycles.